The molecule has 0 aliphatic heterocycles. The molecule has 1 heterocycles. The van der Waals surface area contributed by atoms with Gasteiger partial charge in [0.15, 0.2) is 0 Å². The lowest BCUT2D eigenvalue weighted by Gasteiger charge is -2.13. The number of aromatic nitrogens is 2. The largest absolute Gasteiger partial charge is 0.395 e. The summed E-state index contributed by atoms with van der Waals surface area (Å²) in [6.07, 6.45) is 0. The van der Waals surface area contributed by atoms with Crippen LogP contribution in [0.15, 0.2) is 42.5 Å². The number of benzene rings is 2. The third kappa shape index (κ3) is 5.22. The first kappa shape index (κ1) is 22.8. The van der Waals surface area contributed by atoms with Crippen molar-refractivity contribution in [3.8, 4) is 5.69 Å². The van der Waals surface area contributed by atoms with Crippen LogP contribution in [0.1, 0.15) is 17.0 Å². The van der Waals surface area contributed by atoms with Gasteiger partial charge in [0.2, 0.25) is 5.91 Å². The molecule has 0 aliphatic carbocycles. The number of non-ortho nitro benzene ring substituents is 1. The summed E-state index contributed by atoms with van der Waals surface area (Å²) in [5.74, 6) is -0.320. The van der Waals surface area contributed by atoms with E-state index in [0.29, 0.717) is 22.8 Å². The number of hydrogen-bond acceptors (Lipinski definition) is 7. The first-order chi connectivity index (χ1) is 15.3. The van der Waals surface area contributed by atoms with Gasteiger partial charge in [-0.1, -0.05) is 17.7 Å². The molecule has 0 unspecified atom stereocenters. The molecule has 0 spiro atoms. The Morgan fingerprint density at radius 3 is 2.47 bits per heavy atom. The van der Waals surface area contributed by atoms with E-state index in [1.165, 1.54) is 18.2 Å². The van der Waals surface area contributed by atoms with Crippen molar-refractivity contribution in [2.75, 3.05) is 35.6 Å². The standard InChI is InChI=1S/C22H26N6O4/c1-14-4-6-17(7-5-14)27-16(3)22(15(2)26-27)25-21(30)13-24-20-12-18(28(31)32)8-9-19(20)23-10-11-29/h4-9,12,23-24,29H,10-11,13H2,1-3H3,(H,25,30). The zero-order chi connectivity index (χ0) is 23.3. The Bertz CT molecular complexity index is 1120. The van der Waals surface area contributed by atoms with Gasteiger partial charge >= 0.3 is 0 Å². The van der Waals surface area contributed by atoms with Gasteiger partial charge in [-0.2, -0.15) is 5.10 Å². The third-order valence-electron chi connectivity index (χ3n) is 4.91. The summed E-state index contributed by atoms with van der Waals surface area (Å²) < 4.78 is 1.77. The SMILES string of the molecule is Cc1ccc(-n2nc(C)c(NC(=O)CNc3cc([N+](=O)[O-])ccc3NCCO)c2C)cc1. The second-order valence-electron chi connectivity index (χ2n) is 7.33. The summed E-state index contributed by atoms with van der Waals surface area (Å²) in [6.45, 7) is 5.77. The fourth-order valence-electron chi connectivity index (χ4n) is 3.26. The van der Waals surface area contributed by atoms with Crippen molar-refractivity contribution in [1.82, 2.24) is 9.78 Å². The van der Waals surface area contributed by atoms with Crippen LogP contribution in [-0.2, 0) is 4.79 Å². The van der Waals surface area contributed by atoms with Crippen molar-refractivity contribution in [3.63, 3.8) is 0 Å². The smallest absolute Gasteiger partial charge is 0.271 e. The molecule has 32 heavy (non-hydrogen) atoms. The van der Waals surface area contributed by atoms with E-state index in [2.05, 4.69) is 21.0 Å². The summed E-state index contributed by atoms with van der Waals surface area (Å²) >= 11 is 0. The summed E-state index contributed by atoms with van der Waals surface area (Å²) in [7, 11) is 0. The molecule has 0 fully saturated rings. The fraction of sp³-hybridized carbons (Fsp3) is 0.273. The number of anilines is 3. The molecule has 168 valence electrons. The van der Waals surface area contributed by atoms with Gasteiger partial charge in [0.05, 0.1) is 52.2 Å². The number of carbonyl (C=O) groups excluding carboxylic acids is 1. The Morgan fingerprint density at radius 1 is 1.09 bits per heavy atom. The molecule has 0 saturated heterocycles. The highest BCUT2D eigenvalue weighted by Gasteiger charge is 2.16. The topological polar surface area (TPSA) is 134 Å². The first-order valence-corrected chi connectivity index (χ1v) is 10.1. The van der Waals surface area contributed by atoms with E-state index in [4.69, 9.17) is 5.11 Å². The van der Waals surface area contributed by atoms with Gasteiger partial charge in [0.1, 0.15) is 0 Å². The summed E-state index contributed by atoms with van der Waals surface area (Å²) in [4.78, 5) is 23.2. The number of rotatable bonds is 9. The summed E-state index contributed by atoms with van der Waals surface area (Å²) in [5.41, 5.74) is 4.97. The monoisotopic (exact) mass is 438 g/mol. The predicted molar refractivity (Wildman–Crippen MR) is 124 cm³/mol. The number of nitrogens with zero attached hydrogens (tertiary/aromatic N) is 3. The molecule has 1 amide bonds. The molecule has 4 N–H and O–H groups in total. The van der Waals surface area contributed by atoms with Crippen LogP contribution in [0, 0.1) is 30.9 Å². The molecule has 3 aromatic rings. The zero-order valence-corrected chi connectivity index (χ0v) is 18.2. The number of aryl methyl sites for hydroxylation is 2. The number of amides is 1. The molecule has 0 atom stereocenters. The minimum atomic E-state index is -0.507. The molecule has 0 aliphatic rings. The molecule has 0 bridgehead atoms. The Balaban J connectivity index is 1.73. The van der Waals surface area contributed by atoms with Crippen LogP contribution < -0.4 is 16.0 Å². The molecule has 10 heteroatoms. The van der Waals surface area contributed by atoms with Gasteiger partial charge in [-0.3, -0.25) is 14.9 Å². The third-order valence-corrected chi connectivity index (χ3v) is 4.91. The van der Waals surface area contributed by atoms with Crippen molar-refractivity contribution < 1.29 is 14.8 Å². The van der Waals surface area contributed by atoms with Crippen LogP contribution in [0.25, 0.3) is 5.69 Å². The van der Waals surface area contributed by atoms with Gasteiger partial charge in [0.25, 0.3) is 5.69 Å². The van der Waals surface area contributed by atoms with Gasteiger partial charge in [0, 0.05) is 18.7 Å². The zero-order valence-electron chi connectivity index (χ0n) is 18.2. The summed E-state index contributed by atoms with van der Waals surface area (Å²) in [5, 5.41) is 33.4. The van der Waals surface area contributed by atoms with Crippen LogP contribution in [-0.4, -0.2) is 45.4 Å². The second kappa shape index (κ2) is 9.92. The van der Waals surface area contributed by atoms with Gasteiger partial charge in [-0.05, 0) is 39.0 Å². The number of nitrogens with one attached hydrogen (secondary N) is 3. The highest BCUT2D eigenvalue weighted by molar-refractivity contribution is 5.95. The van der Waals surface area contributed by atoms with Crippen molar-refractivity contribution in [3.05, 3.63) is 69.5 Å². The number of carbonyl (C=O) groups is 1. The van der Waals surface area contributed by atoms with Crippen molar-refractivity contribution in [1.29, 1.82) is 0 Å². The average Bonchev–Trinajstić information content (AvgIpc) is 3.05. The highest BCUT2D eigenvalue weighted by atomic mass is 16.6. The molecule has 2 aromatic carbocycles. The van der Waals surface area contributed by atoms with Crippen LogP contribution in [0.4, 0.5) is 22.7 Å². The van der Waals surface area contributed by atoms with Crippen molar-refractivity contribution in [2.24, 2.45) is 0 Å². The number of nitro benzene ring substituents is 1. The van der Waals surface area contributed by atoms with Crippen LogP contribution in [0.5, 0.6) is 0 Å². The fourth-order valence-corrected chi connectivity index (χ4v) is 3.26. The minimum Gasteiger partial charge on any atom is -0.395 e. The number of nitro groups is 1. The molecule has 0 saturated carbocycles. The number of aliphatic hydroxyl groups is 1. The number of hydrogen-bond donors (Lipinski definition) is 4. The van der Waals surface area contributed by atoms with Crippen molar-refractivity contribution in [2.45, 2.75) is 20.8 Å². The van der Waals surface area contributed by atoms with Gasteiger partial charge < -0.3 is 21.1 Å². The highest BCUT2D eigenvalue weighted by Crippen LogP contribution is 2.27. The Kier molecular flexibility index (Phi) is 7.06. The molecule has 0 radical (unpaired) electrons. The van der Waals surface area contributed by atoms with E-state index >= 15 is 0 Å². The lowest BCUT2D eigenvalue weighted by molar-refractivity contribution is -0.384. The van der Waals surface area contributed by atoms with E-state index in [0.717, 1.165) is 16.9 Å². The maximum Gasteiger partial charge on any atom is 0.271 e. The quantitative estimate of drug-likeness (QED) is 0.298. The second-order valence-corrected chi connectivity index (χ2v) is 7.33. The van der Waals surface area contributed by atoms with Crippen LogP contribution >= 0.6 is 0 Å². The van der Waals surface area contributed by atoms with E-state index in [1.807, 2.05) is 45.0 Å². The van der Waals surface area contributed by atoms with E-state index in [9.17, 15) is 14.9 Å². The molecular weight excluding hydrogens is 412 g/mol. The summed E-state index contributed by atoms with van der Waals surface area (Å²) in [6, 6.07) is 12.2. The maximum atomic E-state index is 12.6. The van der Waals surface area contributed by atoms with Gasteiger partial charge in [-0.25, -0.2) is 4.68 Å². The average molecular weight is 438 g/mol. The predicted octanol–water partition coefficient (Wildman–Crippen LogP) is 3.16. The van der Waals surface area contributed by atoms with E-state index < -0.39 is 4.92 Å². The molecular formula is C22H26N6O4. The van der Waals surface area contributed by atoms with Crippen molar-refractivity contribution >= 4 is 28.7 Å². The van der Waals surface area contributed by atoms with Crippen LogP contribution in [0.3, 0.4) is 0 Å². The Morgan fingerprint density at radius 2 is 1.81 bits per heavy atom. The Hall–Kier alpha value is -3.92. The lowest BCUT2D eigenvalue weighted by atomic mass is 10.2. The molecule has 3 rings (SSSR count). The normalized spacial score (nSPS) is 10.6. The van der Waals surface area contributed by atoms with Gasteiger partial charge in [-0.15, -0.1) is 0 Å². The minimum absolute atomic E-state index is 0.0968. The van der Waals surface area contributed by atoms with E-state index in [-0.39, 0.29) is 31.3 Å². The first-order valence-electron chi connectivity index (χ1n) is 10.1. The van der Waals surface area contributed by atoms with Crippen LogP contribution in [0.2, 0.25) is 0 Å². The lowest BCUT2D eigenvalue weighted by Crippen LogP contribution is -2.23. The Labute approximate surface area is 185 Å². The molecule has 10 nitrogen and oxygen atoms in total. The molecule has 1 aromatic heterocycles. The number of aliphatic hydroxyl groups excluding tert-OH is 1. The van der Waals surface area contributed by atoms with E-state index in [1.54, 1.807) is 4.68 Å². The maximum absolute atomic E-state index is 12.6.